The van der Waals surface area contributed by atoms with Gasteiger partial charge in [0.15, 0.2) is 0 Å². The van der Waals surface area contributed by atoms with Gasteiger partial charge in [0.05, 0.1) is 24.3 Å². The molecule has 1 aromatic rings. The van der Waals surface area contributed by atoms with E-state index in [4.69, 9.17) is 5.26 Å². The van der Waals surface area contributed by atoms with Crippen LogP contribution < -0.4 is 4.90 Å². The second-order valence-corrected chi connectivity index (χ2v) is 4.42. The molecule has 1 N–H and O–H groups in total. The maximum Gasteiger partial charge on any atom is 0.0991 e. The van der Waals surface area contributed by atoms with Gasteiger partial charge in [0.1, 0.15) is 0 Å². The summed E-state index contributed by atoms with van der Waals surface area (Å²) in [5, 5.41) is 18.0. The average Bonchev–Trinajstić information content (AvgIpc) is 2.39. The first-order chi connectivity index (χ1) is 8.24. The van der Waals surface area contributed by atoms with E-state index in [1.54, 1.807) is 0 Å². The summed E-state index contributed by atoms with van der Waals surface area (Å²) in [6.45, 7) is 2.92. The summed E-state index contributed by atoms with van der Waals surface area (Å²) in [6, 6.07) is 9.92. The van der Waals surface area contributed by atoms with Crippen molar-refractivity contribution in [3.05, 3.63) is 29.8 Å². The largest absolute Gasteiger partial charge is 0.395 e. The molecule has 17 heavy (non-hydrogen) atoms. The van der Waals surface area contributed by atoms with E-state index in [2.05, 4.69) is 15.9 Å². The molecule has 1 atom stereocenters. The Morgan fingerprint density at radius 3 is 2.65 bits per heavy atom. The van der Waals surface area contributed by atoms with Gasteiger partial charge < -0.3 is 10.0 Å². The van der Waals surface area contributed by atoms with Crippen molar-refractivity contribution in [2.45, 2.75) is 6.04 Å². The van der Waals surface area contributed by atoms with Crippen LogP contribution in [0.3, 0.4) is 0 Å². The van der Waals surface area contributed by atoms with Crippen LogP contribution in [0.25, 0.3) is 0 Å². The number of benzene rings is 1. The Morgan fingerprint density at radius 2 is 2.06 bits per heavy atom. The molecule has 0 bridgehead atoms. The Labute approximate surface area is 102 Å². The molecule has 0 amide bonds. The van der Waals surface area contributed by atoms with E-state index >= 15 is 0 Å². The Kier molecular flexibility index (Phi) is 3.62. The maximum absolute atomic E-state index is 9.30. The predicted molar refractivity (Wildman–Crippen MR) is 66.9 cm³/mol. The minimum atomic E-state index is 0.184. The lowest BCUT2D eigenvalue weighted by Gasteiger charge is -2.39. The normalized spacial score (nSPS) is 21.2. The molecule has 1 aliphatic rings. The topological polar surface area (TPSA) is 50.5 Å². The zero-order valence-electron chi connectivity index (χ0n) is 10.0. The molecule has 1 heterocycles. The van der Waals surface area contributed by atoms with Gasteiger partial charge in [-0.2, -0.15) is 5.26 Å². The van der Waals surface area contributed by atoms with Gasteiger partial charge in [-0.05, 0) is 31.3 Å². The van der Waals surface area contributed by atoms with Crippen LogP contribution in [0.1, 0.15) is 5.56 Å². The molecule has 4 nitrogen and oxygen atoms in total. The Balaban J connectivity index is 2.09. The highest BCUT2D eigenvalue weighted by Crippen LogP contribution is 2.18. The van der Waals surface area contributed by atoms with E-state index in [-0.39, 0.29) is 12.6 Å². The van der Waals surface area contributed by atoms with Gasteiger partial charge >= 0.3 is 0 Å². The van der Waals surface area contributed by atoms with Gasteiger partial charge in [-0.15, -0.1) is 0 Å². The van der Waals surface area contributed by atoms with Gasteiger partial charge in [0.2, 0.25) is 0 Å². The van der Waals surface area contributed by atoms with Crippen molar-refractivity contribution in [2.24, 2.45) is 0 Å². The van der Waals surface area contributed by atoms with Crippen LogP contribution in [-0.4, -0.2) is 49.3 Å². The lowest BCUT2D eigenvalue weighted by Crippen LogP contribution is -2.53. The predicted octanol–water partition coefficient (Wildman–Crippen LogP) is 0.671. The standard InChI is InChI=1S/C13H17N3O/c1-15-6-7-16(9-13(15)10-17)12-4-2-11(8-14)3-5-12/h2-5,13,17H,6-7,9-10H2,1H3. The Morgan fingerprint density at radius 1 is 1.35 bits per heavy atom. The first-order valence-electron chi connectivity index (χ1n) is 5.81. The fraction of sp³-hybridized carbons (Fsp3) is 0.462. The third kappa shape index (κ3) is 2.57. The number of aliphatic hydroxyl groups excluding tert-OH is 1. The minimum absolute atomic E-state index is 0.184. The van der Waals surface area contributed by atoms with Crippen LogP contribution in [0.2, 0.25) is 0 Å². The molecule has 0 aromatic heterocycles. The quantitative estimate of drug-likeness (QED) is 0.813. The number of hydrogen-bond acceptors (Lipinski definition) is 4. The van der Waals surface area contributed by atoms with Gasteiger partial charge in [-0.25, -0.2) is 0 Å². The van der Waals surface area contributed by atoms with Gasteiger partial charge in [-0.1, -0.05) is 0 Å². The molecule has 2 rings (SSSR count). The molecule has 1 unspecified atom stereocenters. The lowest BCUT2D eigenvalue weighted by molar-refractivity contribution is 0.135. The molecular weight excluding hydrogens is 214 g/mol. The van der Waals surface area contributed by atoms with E-state index in [1.807, 2.05) is 31.3 Å². The number of nitrogens with zero attached hydrogens (tertiary/aromatic N) is 3. The van der Waals surface area contributed by atoms with Crippen LogP contribution in [0, 0.1) is 11.3 Å². The molecular formula is C13H17N3O. The van der Waals surface area contributed by atoms with Crippen LogP contribution >= 0.6 is 0 Å². The molecule has 0 saturated carbocycles. The summed E-state index contributed by atoms with van der Waals surface area (Å²) in [6.07, 6.45) is 0. The van der Waals surface area contributed by atoms with E-state index in [0.29, 0.717) is 5.56 Å². The first-order valence-corrected chi connectivity index (χ1v) is 5.81. The Hall–Kier alpha value is -1.57. The molecule has 1 aliphatic heterocycles. The number of likely N-dealkylation sites (N-methyl/N-ethyl adjacent to an activating group) is 1. The third-order valence-electron chi connectivity index (χ3n) is 3.35. The minimum Gasteiger partial charge on any atom is -0.395 e. The number of anilines is 1. The fourth-order valence-corrected chi connectivity index (χ4v) is 2.12. The van der Waals surface area contributed by atoms with Crippen LogP contribution in [0.15, 0.2) is 24.3 Å². The summed E-state index contributed by atoms with van der Waals surface area (Å²) in [5.41, 5.74) is 1.80. The van der Waals surface area contributed by atoms with E-state index in [0.717, 1.165) is 25.3 Å². The summed E-state index contributed by atoms with van der Waals surface area (Å²) < 4.78 is 0. The van der Waals surface area contributed by atoms with Gasteiger partial charge in [0, 0.05) is 25.3 Å². The van der Waals surface area contributed by atoms with E-state index < -0.39 is 0 Å². The fourth-order valence-electron chi connectivity index (χ4n) is 2.12. The monoisotopic (exact) mass is 231 g/mol. The van der Waals surface area contributed by atoms with Crippen molar-refractivity contribution < 1.29 is 5.11 Å². The maximum atomic E-state index is 9.30. The number of rotatable bonds is 2. The number of nitriles is 1. The molecule has 0 radical (unpaired) electrons. The zero-order valence-corrected chi connectivity index (χ0v) is 10.0. The molecule has 90 valence electrons. The highest BCUT2D eigenvalue weighted by molar-refractivity contribution is 5.50. The second-order valence-electron chi connectivity index (χ2n) is 4.42. The number of aliphatic hydroxyl groups is 1. The molecule has 0 aliphatic carbocycles. The molecule has 4 heteroatoms. The molecule has 1 saturated heterocycles. The van der Waals surface area contributed by atoms with Crippen molar-refractivity contribution in [3.63, 3.8) is 0 Å². The van der Waals surface area contributed by atoms with Crippen molar-refractivity contribution in [3.8, 4) is 6.07 Å². The smallest absolute Gasteiger partial charge is 0.0991 e. The molecule has 1 fully saturated rings. The summed E-state index contributed by atoms with van der Waals surface area (Å²) in [7, 11) is 2.04. The second kappa shape index (κ2) is 5.17. The van der Waals surface area contributed by atoms with E-state index in [1.165, 1.54) is 0 Å². The summed E-state index contributed by atoms with van der Waals surface area (Å²) in [5.74, 6) is 0. The highest BCUT2D eigenvalue weighted by Gasteiger charge is 2.23. The van der Waals surface area contributed by atoms with Crippen LogP contribution in [0.4, 0.5) is 5.69 Å². The van der Waals surface area contributed by atoms with Crippen LogP contribution in [-0.2, 0) is 0 Å². The molecule has 0 spiro atoms. The highest BCUT2D eigenvalue weighted by atomic mass is 16.3. The Bertz CT molecular complexity index is 410. The van der Waals surface area contributed by atoms with Crippen molar-refractivity contribution >= 4 is 5.69 Å². The molecule has 1 aromatic carbocycles. The average molecular weight is 231 g/mol. The summed E-state index contributed by atoms with van der Waals surface area (Å²) >= 11 is 0. The first kappa shape index (κ1) is 11.9. The third-order valence-corrected chi connectivity index (χ3v) is 3.35. The van der Waals surface area contributed by atoms with Gasteiger partial charge in [-0.3, -0.25) is 4.90 Å². The number of hydrogen-bond donors (Lipinski definition) is 1. The van der Waals surface area contributed by atoms with Crippen molar-refractivity contribution in [1.82, 2.24) is 4.90 Å². The lowest BCUT2D eigenvalue weighted by atomic mass is 10.1. The van der Waals surface area contributed by atoms with E-state index in [9.17, 15) is 5.11 Å². The van der Waals surface area contributed by atoms with Crippen molar-refractivity contribution in [2.75, 3.05) is 38.2 Å². The summed E-state index contributed by atoms with van der Waals surface area (Å²) in [4.78, 5) is 4.43. The van der Waals surface area contributed by atoms with Crippen LogP contribution in [0.5, 0.6) is 0 Å². The SMILES string of the molecule is CN1CCN(c2ccc(C#N)cc2)CC1CO. The number of piperazine rings is 1. The van der Waals surface area contributed by atoms with Gasteiger partial charge in [0.25, 0.3) is 0 Å². The van der Waals surface area contributed by atoms with Crippen molar-refractivity contribution in [1.29, 1.82) is 5.26 Å². The zero-order chi connectivity index (χ0) is 12.3.